The molecule has 0 atom stereocenters. The van der Waals surface area contributed by atoms with E-state index in [1.165, 1.54) is 13.2 Å². The Balaban J connectivity index is 1.96. The van der Waals surface area contributed by atoms with Gasteiger partial charge in [-0.15, -0.1) is 0 Å². The summed E-state index contributed by atoms with van der Waals surface area (Å²) in [6, 6.07) is 10.4. The third-order valence-corrected chi connectivity index (χ3v) is 3.32. The van der Waals surface area contributed by atoms with Gasteiger partial charge < -0.3 is 14.6 Å². The van der Waals surface area contributed by atoms with E-state index in [9.17, 15) is 9.90 Å². The van der Waals surface area contributed by atoms with Crippen LogP contribution in [0.1, 0.15) is 21.5 Å². The second-order valence-electron chi connectivity index (χ2n) is 4.87. The zero-order chi connectivity index (χ0) is 15.0. The molecule has 0 amide bonds. The summed E-state index contributed by atoms with van der Waals surface area (Å²) in [5, 5.41) is 9.76. The average molecular weight is 282 g/mol. The van der Waals surface area contributed by atoms with E-state index in [-0.39, 0.29) is 17.3 Å². The fourth-order valence-corrected chi connectivity index (χ4v) is 2.25. The van der Waals surface area contributed by atoms with Gasteiger partial charge in [0.25, 0.3) is 0 Å². The number of ether oxygens (including phenoxy) is 2. The molecule has 4 heteroatoms. The van der Waals surface area contributed by atoms with Gasteiger partial charge in [0, 0.05) is 0 Å². The summed E-state index contributed by atoms with van der Waals surface area (Å²) in [5.41, 5.74) is 2.24. The molecule has 1 aliphatic rings. The number of methoxy groups -OCH3 is 1. The summed E-state index contributed by atoms with van der Waals surface area (Å²) in [5.74, 6) is 1.07. The Morgan fingerprint density at radius 2 is 2.00 bits per heavy atom. The van der Waals surface area contributed by atoms with Crippen molar-refractivity contribution in [1.82, 2.24) is 0 Å². The molecule has 4 nitrogen and oxygen atoms in total. The van der Waals surface area contributed by atoms with Gasteiger partial charge in [-0.1, -0.05) is 17.7 Å². The number of rotatable bonds is 2. The number of ketones is 1. The highest BCUT2D eigenvalue weighted by Gasteiger charge is 2.27. The number of hydrogen-bond acceptors (Lipinski definition) is 4. The highest BCUT2D eigenvalue weighted by molar-refractivity contribution is 6.14. The van der Waals surface area contributed by atoms with E-state index >= 15 is 0 Å². The number of benzene rings is 2. The van der Waals surface area contributed by atoms with E-state index in [0.29, 0.717) is 22.6 Å². The van der Waals surface area contributed by atoms with Gasteiger partial charge in [-0.25, -0.2) is 0 Å². The van der Waals surface area contributed by atoms with E-state index in [4.69, 9.17) is 9.47 Å². The molecule has 0 bridgehead atoms. The van der Waals surface area contributed by atoms with Gasteiger partial charge in [-0.2, -0.15) is 0 Å². The van der Waals surface area contributed by atoms with Crippen molar-refractivity contribution >= 4 is 11.9 Å². The Kier molecular flexibility index (Phi) is 3.14. The summed E-state index contributed by atoms with van der Waals surface area (Å²) in [6.07, 6.45) is 1.61. The Hall–Kier alpha value is -2.75. The van der Waals surface area contributed by atoms with Crippen LogP contribution in [-0.4, -0.2) is 18.0 Å². The Labute approximate surface area is 122 Å². The van der Waals surface area contributed by atoms with Crippen LogP contribution in [0.25, 0.3) is 6.08 Å². The molecule has 1 N–H and O–H groups in total. The SMILES string of the molecule is COc1ccc(/C=C2\Oc3ccc(C)cc3C2=O)cc1O. The van der Waals surface area contributed by atoms with Crippen LogP contribution in [-0.2, 0) is 0 Å². The van der Waals surface area contributed by atoms with Gasteiger partial charge in [0.15, 0.2) is 17.3 Å². The highest BCUT2D eigenvalue weighted by Crippen LogP contribution is 2.33. The van der Waals surface area contributed by atoms with E-state index in [2.05, 4.69) is 0 Å². The van der Waals surface area contributed by atoms with Crippen molar-refractivity contribution < 1.29 is 19.4 Å². The van der Waals surface area contributed by atoms with Gasteiger partial charge in [0.05, 0.1) is 12.7 Å². The number of aryl methyl sites for hydroxylation is 1. The van der Waals surface area contributed by atoms with Crippen LogP contribution >= 0.6 is 0 Å². The quantitative estimate of drug-likeness (QED) is 0.858. The van der Waals surface area contributed by atoms with E-state index in [1.54, 1.807) is 24.3 Å². The monoisotopic (exact) mass is 282 g/mol. The van der Waals surface area contributed by atoms with Gasteiger partial charge in [-0.3, -0.25) is 4.79 Å². The molecule has 1 heterocycles. The Bertz CT molecular complexity index is 759. The molecular weight excluding hydrogens is 268 g/mol. The first-order chi connectivity index (χ1) is 10.1. The van der Waals surface area contributed by atoms with Crippen molar-refractivity contribution in [1.29, 1.82) is 0 Å². The largest absolute Gasteiger partial charge is 0.504 e. The lowest BCUT2D eigenvalue weighted by Gasteiger charge is -2.04. The van der Waals surface area contributed by atoms with Crippen LogP contribution < -0.4 is 9.47 Å². The van der Waals surface area contributed by atoms with Crippen molar-refractivity contribution in [3.63, 3.8) is 0 Å². The van der Waals surface area contributed by atoms with Crippen LogP contribution in [0.15, 0.2) is 42.2 Å². The molecule has 0 unspecified atom stereocenters. The zero-order valence-corrected chi connectivity index (χ0v) is 11.7. The first kappa shape index (κ1) is 13.2. The minimum absolute atomic E-state index is 0.0191. The number of aromatic hydroxyl groups is 1. The topological polar surface area (TPSA) is 55.8 Å². The number of phenolic OH excluding ortho intramolecular Hbond substituents is 1. The number of allylic oxidation sites excluding steroid dienone is 1. The van der Waals surface area contributed by atoms with Crippen LogP contribution in [0.4, 0.5) is 0 Å². The number of phenols is 1. The molecule has 0 aromatic heterocycles. The molecule has 0 fully saturated rings. The first-order valence-corrected chi connectivity index (χ1v) is 6.50. The second kappa shape index (κ2) is 4.98. The molecular formula is C17H14O4. The third kappa shape index (κ3) is 2.36. The van der Waals surface area contributed by atoms with Crippen LogP contribution in [0.2, 0.25) is 0 Å². The predicted molar refractivity (Wildman–Crippen MR) is 78.8 cm³/mol. The Morgan fingerprint density at radius 3 is 2.71 bits per heavy atom. The normalized spacial score (nSPS) is 15.0. The lowest BCUT2D eigenvalue weighted by atomic mass is 10.1. The van der Waals surface area contributed by atoms with Gasteiger partial charge in [0.2, 0.25) is 5.78 Å². The summed E-state index contributed by atoms with van der Waals surface area (Å²) in [6.45, 7) is 1.93. The van der Waals surface area contributed by atoms with E-state index < -0.39 is 0 Å². The summed E-state index contributed by atoms with van der Waals surface area (Å²) < 4.78 is 10.6. The maximum Gasteiger partial charge on any atom is 0.231 e. The molecule has 0 saturated heterocycles. The molecule has 3 rings (SSSR count). The molecule has 0 saturated carbocycles. The van der Waals surface area contributed by atoms with Gasteiger partial charge >= 0.3 is 0 Å². The van der Waals surface area contributed by atoms with Crippen molar-refractivity contribution in [2.45, 2.75) is 6.92 Å². The summed E-state index contributed by atoms with van der Waals surface area (Å²) in [7, 11) is 1.48. The van der Waals surface area contributed by atoms with Gasteiger partial charge in [-0.05, 0) is 42.8 Å². The average Bonchev–Trinajstić information content (AvgIpc) is 2.76. The molecule has 0 radical (unpaired) electrons. The lowest BCUT2D eigenvalue weighted by Crippen LogP contribution is -1.98. The van der Waals surface area contributed by atoms with E-state index in [1.807, 2.05) is 19.1 Å². The van der Waals surface area contributed by atoms with Crippen molar-refractivity contribution in [2.24, 2.45) is 0 Å². The number of hydrogen-bond donors (Lipinski definition) is 1. The molecule has 0 aliphatic carbocycles. The molecule has 0 spiro atoms. The molecule has 1 aliphatic heterocycles. The number of Topliss-reactive ketones (excluding diaryl/α,β-unsaturated/α-hetero) is 1. The minimum Gasteiger partial charge on any atom is -0.504 e. The zero-order valence-electron chi connectivity index (χ0n) is 11.7. The first-order valence-electron chi connectivity index (χ1n) is 6.50. The van der Waals surface area contributed by atoms with Crippen LogP contribution in [0.5, 0.6) is 17.2 Å². The lowest BCUT2D eigenvalue weighted by molar-refractivity contribution is 0.101. The predicted octanol–water partition coefficient (Wildman–Crippen LogP) is 3.33. The maximum absolute atomic E-state index is 12.3. The van der Waals surface area contributed by atoms with E-state index in [0.717, 1.165) is 5.56 Å². The highest BCUT2D eigenvalue weighted by atomic mass is 16.5. The van der Waals surface area contributed by atoms with Crippen molar-refractivity contribution in [3.05, 3.63) is 58.8 Å². The third-order valence-electron chi connectivity index (χ3n) is 3.32. The maximum atomic E-state index is 12.3. The standard InChI is InChI=1S/C17H14O4/c1-10-3-5-14-12(7-10)17(19)16(21-14)9-11-4-6-15(20-2)13(18)8-11/h3-9,18H,1-2H3/b16-9-. The number of carbonyl (C=O) groups excluding carboxylic acids is 1. The van der Waals surface area contributed by atoms with Crippen molar-refractivity contribution in [3.8, 4) is 17.2 Å². The number of fused-ring (bicyclic) bond motifs is 1. The minimum atomic E-state index is -0.149. The van der Waals surface area contributed by atoms with Crippen LogP contribution in [0, 0.1) is 6.92 Å². The molecule has 106 valence electrons. The van der Waals surface area contributed by atoms with Gasteiger partial charge in [0.1, 0.15) is 5.75 Å². The number of carbonyl (C=O) groups is 1. The molecule has 21 heavy (non-hydrogen) atoms. The smallest absolute Gasteiger partial charge is 0.231 e. The molecule has 2 aromatic carbocycles. The van der Waals surface area contributed by atoms with Crippen LogP contribution in [0.3, 0.4) is 0 Å². The summed E-state index contributed by atoms with van der Waals surface area (Å²) in [4.78, 5) is 12.3. The fourth-order valence-electron chi connectivity index (χ4n) is 2.25. The summed E-state index contributed by atoms with van der Waals surface area (Å²) >= 11 is 0. The fraction of sp³-hybridized carbons (Fsp3) is 0.118. The Morgan fingerprint density at radius 1 is 1.19 bits per heavy atom. The second-order valence-corrected chi connectivity index (χ2v) is 4.87. The van der Waals surface area contributed by atoms with Crippen molar-refractivity contribution in [2.75, 3.05) is 7.11 Å². The molecule has 2 aromatic rings.